The van der Waals surface area contributed by atoms with Crippen molar-refractivity contribution in [3.63, 3.8) is 0 Å². The van der Waals surface area contributed by atoms with Crippen LogP contribution in [0.5, 0.6) is 0 Å². The first-order chi connectivity index (χ1) is 4.93. The zero-order chi connectivity index (χ0) is 7.23. The minimum Gasteiger partial charge on any atom is -0.396 e. The molecule has 0 fully saturated rings. The highest BCUT2D eigenvalue weighted by molar-refractivity contribution is 5.16. The van der Waals surface area contributed by atoms with Crippen LogP contribution >= 0.6 is 0 Å². The standard InChI is InChI=1S/C8H13NO/c10-7-3-5-8-4-1-2-6-9-8/h1-2,4,9-10H,3,5-7H2. The summed E-state index contributed by atoms with van der Waals surface area (Å²) in [6.07, 6.45) is 7.98. The smallest absolute Gasteiger partial charge is 0.0434 e. The van der Waals surface area contributed by atoms with Crippen molar-refractivity contribution < 1.29 is 5.11 Å². The van der Waals surface area contributed by atoms with Crippen molar-refractivity contribution in [1.29, 1.82) is 0 Å². The van der Waals surface area contributed by atoms with Gasteiger partial charge in [0.1, 0.15) is 0 Å². The second-order valence-electron chi connectivity index (χ2n) is 2.33. The number of aliphatic hydroxyl groups is 1. The number of dihydropyridines is 1. The van der Waals surface area contributed by atoms with E-state index in [9.17, 15) is 0 Å². The van der Waals surface area contributed by atoms with Gasteiger partial charge in [0.2, 0.25) is 0 Å². The molecule has 0 atom stereocenters. The molecule has 0 bridgehead atoms. The zero-order valence-corrected chi connectivity index (χ0v) is 6.01. The highest BCUT2D eigenvalue weighted by atomic mass is 16.2. The molecule has 2 nitrogen and oxygen atoms in total. The van der Waals surface area contributed by atoms with E-state index in [1.54, 1.807) is 0 Å². The van der Waals surface area contributed by atoms with Gasteiger partial charge in [-0.25, -0.2) is 0 Å². The quantitative estimate of drug-likeness (QED) is 0.606. The van der Waals surface area contributed by atoms with E-state index in [1.807, 2.05) is 6.08 Å². The molecule has 1 rings (SSSR count). The van der Waals surface area contributed by atoms with E-state index in [2.05, 4.69) is 17.5 Å². The maximum atomic E-state index is 8.52. The third-order valence-corrected chi connectivity index (χ3v) is 1.48. The van der Waals surface area contributed by atoms with Crippen LogP contribution in [0.25, 0.3) is 0 Å². The van der Waals surface area contributed by atoms with Gasteiger partial charge in [0.05, 0.1) is 0 Å². The fraction of sp³-hybridized carbons (Fsp3) is 0.500. The lowest BCUT2D eigenvalue weighted by molar-refractivity contribution is 0.287. The van der Waals surface area contributed by atoms with Crippen LogP contribution in [0.4, 0.5) is 0 Å². The summed E-state index contributed by atoms with van der Waals surface area (Å²) in [5.74, 6) is 0. The molecule has 0 aromatic carbocycles. The predicted molar refractivity (Wildman–Crippen MR) is 41.5 cm³/mol. The second-order valence-corrected chi connectivity index (χ2v) is 2.33. The summed E-state index contributed by atoms with van der Waals surface area (Å²) in [7, 11) is 0. The summed E-state index contributed by atoms with van der Waals surface area (Å²) in [5.41, 5.74) is 1.23. The number of aliphatic hydroxyl groups excluding tert-OH is 1. The molecule has 56 valence electrons. The van der Waals surface area contributed by atoms with Gasteiger partial charge in [-0.05, 0) is 18.9 Å². The summed E-state index contributed by atoms with van der Waals surface area (Å²) in [4.78, 5) is 0. The Bertz CT molecular complexity index is 149. The molecular formula is C8H13NO. The molecule has 2 N–H and O–H groups in total. The SMILES string of the molecule is OCCCC1=CC=CCN1. The van der Waals surface area contributed by atoms with Crippen LogP contribution in [-0.2, 0) is 0 Å². The molecule has 1 aliphatic rings. The maximum Gasteiger partial charge on any atom is 0.0434 e. The largest absolute Gasteiger partial charge is 0.396 e. The molecule has 10 heavy (non-hydrogen) atoms. The molecular weight excluding hydrogens is 126 g/mol. The average molecular weight is 139 g/mol. The highest BCUT2D eigenvalue weighted by Crippen LogP contribution is 2.03. The van der Waals surface area contributed by atoms with Crippen molar-refractivity contribution in [3.05, 3.63) is 23.9 Å². The zero-order valence-electron chi connectivity index (χ0n) is 6.01. The summed E-state index contributed by atoms with van der Waals surface area (Å²) < 4.78 is 0. The Balaban J connectivity index is 2.25. The van der Waals surface area contributed by atoms with Gasteiger partial charge in [0, 0.05) is 18.8 Å². The van der Waals surface area contributed by atoms with Crippen molar-refractivity contribution in [2.75, 3.05) is 13.2 Å². The summed E-state index contributed by atoms with van der Waals surface area (Å²) >= 11 is 0. The molecule has 0 saturated carbocycles. The Morgan fingerprint density at radius 1 is 1.60 bits per heavy atom. The van der Waals surface area contributed by atoms with Gasteiger partial charge in [-0.15, -0.1) is 0 Å². The molecule has 0 aromatic rings. The van der Waals surface area contributed by atoms with Crippen LogP contribution in [0.3, 0.4) is 0 Å². The Morgan fingerprint density at radius 2 is 2.50 bits per heavy atom. The van der Waals surface area contributed by atoms with E-state index in [0.29, 0.717) is 0 Å². The number of rotatable bonds is 3. The molecule has 1 heterocycles. The average Bonchev–Trinajstić information content (AvgIpc) is 2.03. The lowest BCUT2D eigenvalue weighted by Gasteiger charge is -2.10. The van der Waals surface area contributed by atoms with E-state index in [0.717, 1.165) is 19.4 Å². The second kappa shape index (κ2) is 4.12. The first kappa shape index (κ1) is 7.35. The highest BCUT2D eigenvalue weighted by Gasteiger charge is 1.95. The Morgan fingerprint density at radius 3 is 3.10 bits per heavy atom. The Kier molecular flexibility index (Phi) is 3.03. The molecule has 0 unspecified atom stereocenters. The summed E-state index contributed by atoms with van der Waals surface area (Å²) in [6, 6.07) is 0. The fourth-order valence-corrected chi connectivity index (χ4v) is 0.942. The van der Waals surface area contributed by atoms with Crippen molar-refractivity contribution in [3.8, 4) is 0 Å². The van der Waals surface area contributed by atoms with Gasteiger partial charge in [-0.3, -0.25) is 0 Å². The van der Waals surface area contributed by atoms with Gasteiger partial charge >= 0.3 is 0 Å². The predicted octanol–water partition coefficient (Wildman–Crippen LogP) is 0.802. The summed E-state index contributed by atoms with van der Waals surface area (Å²) in [6.45, 7) is 1.21. The monoisotopic (exact) mass is 139 g/mol. The lowest BCUT2D eigenvalue weighted by Crippen LogP contribution is -2.15. The summed E-state index contributed by atoms with van der Waals surface area (Å²) in [5, 5.41) is 11.7. The lowest BCUT2D eigenvalue weighted by atomic mass is 10.2. The Labute approximate surface area is 61.3 Å². The minimum atomic E-state index is 0.280. The molecule has 0 aromatic heterocycles. The molecule has 2 heteroatoms. The van der Waals surface area contributed by atoms with Gasteiger partial charge in [0.15, 0.2) is 0 Å². The van der Waals surface area contributed by atoms with E-state index >= 15 is 0 Å². The van der Waals surface area contributed by atoms with Gasteiger partial charge in [-0.2, -0.15) is 0 Å². The van der Waals surface area contributed by atoms with Crippen LogP contribution in [0.15, 0.2) is 23.9 Å². The third kappa shape index (κ3) is 2.23. The first-order valence-corrected chi connectivity index (χ1v) is 3.64. The van der Waals surface area contributed by atoms with Crippen LogP contribution in [-0.4, -0.2) is 18.3 Å². The van der Waals surface area contributed by atoms with Crippen molar-refractivity contribution in [1.82, 2.24) is 5.32 Å². The third-order valence-electron chi connectivity index (χ3n) is 1.48. The van der Waals surface area contributed by atoms with Crippen molar-refractivity contribution in [2.45, 2.75) is 12.8 Å². The van der Waals surface area contributed by atoms with Crippen LogP contribution in [0.1, 0.15) is 12.8 Å². The molecule has 0 aliphatic carbocycles. The van der Waals surface area contributed by atoms with Gasteiger partial charge in [-0.1, -0.05) is 12.2 Å². The van der Waals surface area contributed by atoms with E-state index in [4.69, 9.17) is 5.11 Å². The van der Waals surface area contributed by atoms with E-state index in [1.165, 1.54) is 5.70 Å². The van der Waals surface area contributed by atoms with E-state index in [-0.39, 0.29) is 6.61 Å². The number of nitrogens with one attached hydrogen (secondary N) is 1. The molecule has 1 aliphatic heterocycles. The van der Waals surface area contributed by atoms with Crippen molar-refractivity contribution >= 4 is 0 Å². The maximum absolute atomic E-state index is 8.52. The van der Waals surface area contributed by atoms with Crippen LogP contribution in [0, 0.1) is 0 Å². The fourth-order valence-electron chi connectivity index (χ4n) is 0.942. The minimum absolute atomic E-state index is 0.280. The molecule has 0 radical (unpaired) electrons. The Hall–Kier alpha value is -0.760. The van der Waals surface area contributed by atoms with Gasteiger partial charge < -0.3 is 10.4 Å². The van der Waals surface area contributed by atoms with Crippen molar-refractivity contribution in [2.24, 2.45) is 0 Å². The molecule has 0 amide bonds. The van der Waals surface area contributed by atoms with Gasteiger partial charge in [0.25, 0.3) is 0 Å². The normalized spacial score (nSPS) is 16.3. The number of hydrogen-bond donors (Lipinski definition) is 2. The molecule has 0 spiro atoms. The topological polar surface area (TPSA) is 32.3 Å². The van der Waals surface area contributed by atoms with E-state index < -0.39 is 0 Å². The number of allylic oxidation sites excluding steroid dienone is 3. The first-order valence-electron chi connectivity index (χ1n) is 3.64. The molecule has 0 saturated heterocycles. The van der Waals surface area contributed by atoms with Crippen LogP contribution in [0.2, 0.25) is 0 Å². The number of hydrogen-bond acceptors (Lipinski definition) is 2. The van der Waals surface area contributed by atoms with Crippen LogP contribution < -0.4 is 5.32 Å².